The number of benzene rings is 2. The summed E-state index contributed by atoms with van der Waals surface area (Å²) in [5, 5.41) is 8.52. The van der Waals surface area contributed by atoms with Crippen LogP contribution in [0, 0.1) is 13.8 Å². The molecule has 0 bridgehead atoms. The predicted molar refractivity (Wildman–Crippen MR) is 154 cm³/mol. The van der Waals surface area contributed by atoms with Crippen LogP contribution in [0.25, 0.3) is 10.6 Å². The van der Waals surface area contributed by atoms with Crippen LogP contribution in [0.5, 0.6) is 5.75 Å². The van der Waals surface area contributed by atoms with Gasteiger partial charge >= 0.3 is 12.5 Å². The largest absolute Gasteiger partial charge is 0.573 e. The highest BCUT2D eigenvalue weighted by Crippen LogP contribution is 2.39. The van der Waals surface area contributed by atoms with Crippen molar-refractivity contribution in [3.05, 3.63) is 70.5 Å². The number of aryl methyl sites for hydroxylation is 2. The van der Waals surface area contributed by atoms with Gasteiger partial charge in [0, 0.05) is 49.4 Å². The van der Waals surface area contributed by atoms with E-state index >= 15 is 0 Å². The fraction of sp³-hybridized carbons (Fsp3) is 0.286. The maximum atomic E-state index is 14.1. The van der Waals surface area contributed by atoms with Crippen LogP contribution >= 0.6 is 11.3 Å². The van der Waals surface area contributed by atoms with Crippen LogP contribution in [-0.2, 0) is 6.18 Å². The molecule has 1 saturated heterocycles. The normalized spacial score (nSPS) is 14.0. The number of anilines is 4. The van der Waals surface area contributed by atoms with Crippen LogP contribution in [0.15, 0.2) is 48.7 Å². The van der Waals surface area contributed by atoms with E-state index in [-0.39, 0.29) is 21.3 Å². The number of rotatable bonds is 7. The Morgan fingerprint density at radius 2 is 1.66 bits per heavy atom. The Labute approximate surface area is 251 Å². The van der Waals surface area contributed by atoms with Crippen molar-refractivity contribution in [2.24, 2.45) is 0 Å². The van der Waals surface area contributed by atoms with E-state index in [9.17, 15) is 31.1 Å². The van der Waals surface area contributed by atoms with E-state index in [1.807, 2.05) is 19.1 Å². The van der Waals surface area contributed by atoms with Gasteiger partial charge in [0.15, 0.2) is 5.69 Å². The second-order valence-corrected chi connectivity index (χ2v) is 10.8. The number of hydrogen-bond acceptors (Lipinski definition) is 9. The molecule has 2 aromatic carbocycles. The third-order valence-electron chi connectivity index (χ3n) is 6.55. The molecular weight excluding hydrogens is 612 g/mol. The second kappa shape index (κ2) is 12.3. The van der Waals surface area contributed by atoms with Crippen molar-refractivity contribution in [2.75, 3.05) is 41.7 Å². The van der Waals surface area contributed by atoms with Gasteiger partial charge in [0.2, 0.25) is 5.95 Å². The first kappa shape index (κ1) is 31.0. The molecule has 16 heteroatoms. The molecule has 0 radical (unpaired) electrons. The zero-order chi connectivity index (χ0) is 31.6. The number of nitrogens with one attached hydrogen (secondary N) is 3. The first-order chi connectivity index (χ1) is 20.8. The zero-order valence-corrected chi connectivity index (χ0v) is 24.0. The molecule has 5 rings (SSSR count). The van der Waals surface area contributed by atoms with Gasteiger partial charge in [-0.3, -0.25) is 4.79 Å². The molecule has 0 saturated carbocycles. The topological polar surface area (TPSA) is 104 Å². The lowest BCUT2D eigenvalue weighted by Gasteiger charge is -2.30. The summed E-state index contributed by atoms with van der Waals surface area (Å²) in [7, 11) is 0. The average molecular weight is 638 g/mol. The summed E-state index contributed by atoms with van der Waals surface area (Å²) in [5.41, 5.74) is 1.19. The molecule has 0 spiro atoms. The molecule has 1 aliphatic rings. The molecule has 232 valence electrons. The van der Waals surface area contributed by atoms with E-state index in [0.717, 1.165) is 67.1 Å². The van der Waals surface area contributed by atoms with Gasteiger partial charge in [0.25, 0.3) is 5.91 Å². The summed E-state index contributed by atoms with van der Waals surface area (Å²) in [6.45, 7) is 6.95. The summed E-state index contributed by atoms with van der Waals surface area (Å²) >= 11 is 0.772. The Hall–Kier alpha value is -4.44. The molecule has 3 heterocycles. The van der Waals surface area contributed by atoms with Crippen molar-refractivity contribution in [2.45, 2.75) is 26.4 Å². The minimum atomic E-state index is -4.91. The highest BCUT2D eigenvalue weighted by molar-refractivity contribution is 7.17. The summed E-state index contributed by atoms with van der Waals surface area (Å²) in [4.78, 5) is 27.2. The average Bonchev–Trinajstić information content (AvgIpc) is 3.35. The SMILES string of the molecule is Cc1cc(NC(=O)c2sc(-c3cnc(Nc4ccc(OC(F)(F)F)cc4)nc3C(F)(F)F)nc2C)ccc1N1CCNCC1. The number of thiazole rings is 1. The van der Waals surface area contributed by atoms with Crippen molar-refractivity contribution < 1.29 is 35.9 Å². The van der Waals surface area contributed by atoms with Crippen molar-refractivity contribution in [1.82, 2.24) is 20.3 Å². The quantitative estimate of drug-likeness (QED) is 0.196. The first-order valence-corrected chi connectivity index (χ1v) is 14.0. The first-order valence-electron chi connectivity index (χ1n) is 13.2. The number of alkyl halides is 6. The van der Waals surface area contributed by atoms with Gasteiger partial charge in [-0.1, -0.05) is 0 Å². The summed E-state index contributed by atoms with van der Waals surface area (Å²) in [6, 6.07) is 9.85. The molecule has 0 atom stereocenters. The number of amides is 1. The van der Waals surface area contributed by atoms with E-state index in [1.165, 1.54) is 19.1 Å². The number of hydrogen-bond donors (Lipinski definition) is 3. The minimum Gasteiger partial charge on any atom is -0.406 e. The van der Waals surface area contributed by atoms with E-state index in [2.05, 4.69) is 40.5 Å². The Morgan fingerprint density at radius 3 is 2.30 bits per heavy atom. The monoisotopic (exact) mass is 637 g/mol. The van der Waals surface area contributed by atoms with Crippen LogP contribution in [0.2, 0.25) is 0 Å². The van der Waals surface area contributed by atoms with Crippen LogP contribution in [0.3, 0.4) is 0 Å². The summed E-state index contributed by atoms with van der Waals surface area (Å²) in [6.07, 6.45) is -8.87. The van der Waals surface area contributed by atoms with Crippen LogP contribution in [0.1, 0.15) is 26.6 Å². The van der Waals surface area contributed by atoms with Gasteiger partial charge in [0.05, 0.1) is 11.3 Å². The zero-order valence-electron chi connectivity index (χ0n) is 23.2. The fourth-order valence-corrected chi connectivity index (χ4v) is 5.56. The Kier molecular flexibility index (Phi) is 8.65. The fourth-order valence-electron chi connectivity index (χ4n) is 4.59. The van der Waals surface area contributed by atoms with Crippen LogP contribution in [-0.4, -0.2) is 53.4 Å². The highest BCUT2D eigenvalue weighted by atomic mass is 32.1. The molecule has 44 heavy (non-hydrogen) atoms. The summed E-state index contributed by atoms with van der Waals surface area (Å²) < 4.78 is 83.2. The maximum absolute atomic E-state index is 14.1. The van der Waals surface area contributed by atoms with Crippen LogP contribution < -0.4 is 25.6 Å². The lowest BCUT2D eigenvalue weighted by Crippen LogP contribution is -2.43. The number of halogens is 6. The Balaban J connectivity index is 1.34. The number of aromatic nitrogens is 3. The molecule has 1 aliphatic heterocycles. The predicted octanol–water partition coefficient (Wildman–Crippen LogP) is 6.54. The number of nitrogens with zero attached hydrogens (tertiary/aromatic N) is 4. The summed E-state index contributed by atoms with van der Waals surface area (Å²) in [5.74, 6) is -1.47. The molecule has 4 aromatic rings. The lowest BCUT2D eigenvalue weighted by atomic mass is 10.1. The smallest absolute Gasteiger partial charge is 0.406 e. The molecule has 0 unspecified atom stereocenters. The standard InChI is InChI=1S/C28H25F6N7O2S/c1-15-13-18(5-8-21(15)41-11-9-35-10-12-41)38-24(42)22-16(2)37-25(44-22)20-14-36-26(40-23(20)27(29,30)31)39-17-3-6-19(7-4-17)43-28(32,33)34/h3-8,13-14,35H,9-12H2,1-2H3,(H,38,42)(H,36,39,40). The van der Waals surface area contributed by atoms with E-state index in [4.69, 9.17) is 0 Å². The maximum Gasteiger partial charge on any atom is 0.573 e. The lowest BCUT2D eigenvalue weighted by molar-refractivity contribution is -0.274. The van der Waals surface area contributed by atoms with Gasteiger partial charge in [-0.05, 0) is 61.9 Å². The van der Waals surface area contributed by atoms with Gasteiger partial charge in [-0.15, -0.1) is 24.5 Å². The third kappa shape index (κ3) is 7.37. The van der Waals surface area contributed by atoms with Crippen molar-refractivity contribution in [3.63, 3.8) is 0 Å². The molecule has 3 N–H and O–H groups in total. The molecule has 2 aromatic heterocycles. The molecule has 0 aliphatic carbocycles. The van der Waals surface area contributed by atoms with Crippen molar-refractivity contribution >= 4 is 40.3 Å². The Bertz CT molecular complexity index is 1650. The molecular formula is C28H25F6N7O2S. The molecule has 9 nitrogen and oxygen atoms in total. The third-order valence-corrected chi connectivity index (χ3v) is 7.74. The minimum absolute atomic E-state index is 0.106. The van der Waals surface area contributed by atoms with Gasteiger partial charge in [-0.2, -0.15) is 13.2 Å². The number of piperazine rings is 1. The number of carbonyl (C=O) groups is 1. The number of ether oxygens (including phenoxy) is 1. The van der Waals surface area contributed by atoms with Gasteiger partial charge < -0.3 is 25.6 Å². The molecule has 1 amide bonds. The molecule has 1 fully saturated rings. The highest BCUT2D eigenvalue weighted by Gasteiger charge is 2.38. The van der Waals surface area contributed by atoms with Crippen LogP contribution in [0.4, 0.5) is 49.4 Å². The van der Waals surface area contributed by atoms with Gasteiger partial charge in [0.1, 0.15) is 15.6 Å². The Morgan fingerprint density at radius 1 is 0.977 bits per heavy atom. The van der Waals surface area contributed by atoms with E-state index < -0.39 is 41.4 Å². The van der Waals surface area contributed by atoms with Crippen molar-refractivity contribution in [1.29, 1.82) is 0 Å². The van der Waals surface area contributed by atoms with Crippen molar-refractivity contribution in [3.8, 4) is 16.3 Å². The van der Waals surface area contributed by atoms with E-state index in [1.54, 1.807) is 6.07 Å². The van der Waals surface area contributed by atoms with Gasteiger partial charge in [-0.25, -0.2) is 15.0 Å². The second-order valence-electron chi connectivity index (χ2n) is 9.78. The van der Waals surface area contributed by atoms with E-state index in [0.29, 0.717) is 5.69 Å². The number of carbonyl (C=O) groups excluding carboxylic acids is 1.